The van der Waals surface area contributed by atoms with Gasteiger partial charge in [-0.3, -0.25) is 14.9 Å². The molecular weight excluding hydrogens is 350 g/mol. The van der Waals surface area contributed by atoms with E-state index in [9.17, 15) is 23.3 Å². The lowest BCUT2D eigenvalue weighted by Gasteiger charge is -2.11. The SMILES string of the molecule is CNS(=O)(=O)c1cc(C(=O)Nc2cccc([N+](=O)[O-])c2)ccc1OC. The molecule has 0 aliphatic rings. The number of anilines is 1. The van der Waals surface area contributed by atoms with Gasteiger partial charge in [0.05, 0.1) is 12.0 Å². The Morgan fingerprint density at radius 3 is 2.52 bits per heavy atom. The van der Waals surface area contributed by atoms with E-state index in [2.05, 4.69) is 10.0 Å². The predicted octanol–water partition coefficient (Wildman–Crippen LogP) is 1.76. The van der Waals surface area contributed by atoms with Crippen molar-refractivity contribution in [2.24, 2.45) is 0 Å². The molecule has 2 N–H and O–H groups in total. The molecule has 10 heteroatoms. The maximum atomic E-state index is 12.3. The summed E-state index contributed by atoms with van der Waals surface area (Å²) in [6, 6.07) is 9.32. The molecule has 1 amide bonds. The Balaban J connectivity index is 2.36. The zero-order chi connectivity index (χ0) is 18.6. The number of benzene rings is 2. The molecule has 0 saturated carbocycles. The molecule has 0 atom stereocenters. The lowest BCUT2D eigenvalue weighted by molar-refractivity contribution is -0.384. The topological polar surface area (TPSA) is 128 Å². The van der Waals surface area contributed by atoms with Crippen molar-refractivity contribution in [3.8, 4) is 5.75 Å². The number of rotatable bonds is 6. The molecule has 2 aromatic carbocycles. The Morgan fingerprint density at radius 1 is 1.20 bits per heavy atom. The van der Waals surface area contributed by atoms with Crippen LogP contribution in [0, 0.1) is 10.1 Å². The average molecular weight is 365 g/mol. The third kappa shape index (κ3) is 4.11. The van der Waals surface area contributed by atoms with Gasteiger partial charge in [0, 0.05) is 23.4 Å². The van der Waals surface area contributed by atoms with Gasteiger partial charge in [0.2, 0.25) is 10.0 Å². The summed E-state index contributed by atoms with van der Waals surface area (Å²) in [6.07, 6.45) is 0. The highest BCUT2D eigenvalue weighted by molar-refractivity contribution is 7.89. The molecule has 0 heterocycles. The van der Waals surface area contributed by atoms with E-state index in [1.165, 1.54) is 50.6 Å². The second-order valence-electron chi connectivity index (χ2n) is 4.83. The van der Waals surface area contributed by atoms with Crippen LogP contribution in [0.5, 0.6) is 5.75 Å². The van der Waals surface area contributed by atoms with E-state index in [0.717, 1.165) is 6.07 Å². The molecule has 0 radical (unpaired) electrons. The molecule has 132 valence electrons. The first-order valence-corrected chi connectivity index (χ1v) is 8.44. The van der Waals surface area contributed by atoms with Crippen LogP contribution in [0.25, 0.3) is 0 Å². The van der Waals surface area contributed by atoms with Crippen LogP contribution in [0.1, 0.15) is 10.4 Å². The van der Waals surface area contributed by atoms with Gasteiger partial charge < -0.3 is 10.1 Å². The standard InChI is InChI=1S/C15H15N3O6S/c1-16-25(22,23)14-8-10(6-7-13(14)24-2)15(19)17-11-4-3-5-12(9-11)18(20)21/h3-9,16H,1-2H3,(H,17,19). The number of nitro benzene ring substituents is 1. The fourth-order valence-electron chi connectivity index (χ4n) is 2.04. The Labute approximate surface area is 143 Å². The number of hydrogen-bond donors (Lipinski definition) is 2. The summed E-state index contributed by atoms with van der Waals surface area (Å²) in [5.41, 5.74) is 0.0974. The van der Waals surface area contributed by atoms with Crippen LogP contribution >= 0.6 is 0 Å². The maximum Gasteiger partial charge on any atom is 0.271 e. The summed E-state index contributed by atoms with van der Waals surface area (Å²) in [5, 5.41) is 13.3. The summed E-state index contributed by atoms with van der Waals surface area (Å²) < 4.78 is 31.2. The van der Waals surface area contributed by atoms with Gasteiger partial charge in [-0.15, -0.1) is 0 Å². The number of amides is 1. The van der Waals surface area contributed by atoms with Gasteiger partial charge in [0.1, 0.15) is 10.6 Å². The lowest BCUT2D eigenvalue weighted by Crippen LogP contribution is -2.20. The number of carbonyl (C=O) groups is 1. The first-order chi connectivity index (χ1) is 11.8. The molecule has 0 saturated heterocycles. The summed E-state index contributed by atoms with van der Waals surface area (Å²) in [7, 11) is -1.28. The number of ether oxygens (including phenoxy) is 1. The molecule has 0 aromatic heterocycles. The molecule has 9 nitrogen and oxygen atoms in total. The minimum absolute atomic E-state index is 0.0566. The summed E-state index contributed by atoms with van der Waals surface area (Å²) in [4.78, 5) is 22.3. The van der Waals surface area contributed by atoms with Crippen molar-refractivity contribution in [2.45, 2.75) is 4.90 Å². The molecule has 0 bridgehead atoms. The van der Waals surface area contributed by atoms with E-state index in [-0.39, 0.29) is 27.6 Å². The predicted molar refractivity (Wildman–Crippen MR) is 90.3 cm³/mol. The normalized spacial score (nSPS) is 11.0. The van der Waals surface area contributed by atoms with Crippen LogP contribution in [-0.4, -0.2) is 33.4 Å². The van der Waals surface area contributed by atoms with E-state index in [1.807, 2.05) is 0 Å². The molecule has 2 aromatic rings. The van der Waals surface area contributed by atoms with E-state index >= 15 is 0 Å². The Bertz CT molecular complexity index is 927. The monoisotopic (exact) mass is 365 g/mol. The van der Waals surface area contributed by atoms with Crippen LogP contribution in [0.4, 0.5) is 11.4 Å². The summed E-state index contributed by atoms with van der Waals surface area (Å²) >= 11 is 0. The number of nitro groups is 1. The van der Waals surface area contributed by atoms with E-state index < -0.39 is 20.9 Å². The van der Waals surface area contributed by atoms with Gasteiger partial charge in [-0.2, -0.15) is 0 Å². The van der Waals surface area contributed by atoms with Crippen molar-refractivity contribution in [2.75, 3.05) is 19.5 Å². The van der Waals surface area contributed by atoms with Crippen LogP contribution in [-0.2, 0) is 10.0 Å². The quantitative estimate of drug-likeness (QED) is 0.593. The zero-order valence-electron chi connectivity index (χ0n) is 13.3. The van der Waals surface area contributed by atoms with Crippen molar-refractivity contribution in [3.63, 3.8) is 0 Å². The molecule has 0 aliphatic carbocycles. The Kier molecular flexibility index (Phi) is 5.35. The zero-order valence-corrected chi connectivity index (χ0v) is 14.2. The number of nitrogens with one attached hydrogen (secondary N) is 2. The van der Waals surface area contributed by atoms with Gasteiger partial charge in [0.25, 0.3) is 11.6 Å². The molecule has 0 spiro atoms. The maximum absolute atomic E-state index is 12.3. The minimum atomic E-state index is -3.83. The molecular formula is C15H15N3O6S. The highest BCUT2D eigenvalue weighted by Crippen LogP contribution is 2.25. The molecule has 2 rings (SSSR count). The Morgan fingerprint density at radius 2 is 1.92 bits per heavy atom. The van der Waals surface area contributed by atoms with E-state index in [0.29, 0.717) is 0 Å². The molecule has 0 fully saturated rings. The van der Waals surface area contributed by atoms with Crippen LogP contribution in [0.3, 0.4) is 0 Å². The average Bonchev–Trinajstić information content (AvgIpc) is 2.61. The van der Waals surface area contributed by atoms with Crippen molar-refractivity contribution >= 4 is 27.3 Å². The number of carbonyl (C=O) groups excluding carboxylic acids is 1. The second kappa shape index (κ2) is 7.28. The molecule has 25 heavy (non-hydrogen) atoms. The van der Waals surface area contributed by atoms with Crippen molar-refractivity contribution < 1.29 is 22.9 Å². The number of nitrogens with zero attached hydrogens (tertiary/aromatic N) is 1. The highest BCUT2D eigenvalue weighted by atomic mass is 32.2. The van der Waals surface area contributed by atoms with E-state index in [4.69, 9.17) is 4.74 Å². The first-order valence-electron chi connectivity index (χ1n) is 6.96. The van der Waals surface area contributed by atoms with Gasteiger partial charge in [-0.05, 0) is 31.3 Å². The Hall–Kier alpha value is -2.98. The summed E-state index contributed by atoms with van der Waals surface area (Å²) in [5.74, 6) is -0.531. The minimum Gasteiger partial charge on any atom is -0.495 e. The van der Waals surface area contributed by atoms with Gasteiger partial charge >= 0.3 is 0 Å². The highest BCUT2D eigenvalue weighted by Gasteiger charge is 2.20. The smallest absolute Gasteiger partial charge is 0.271 e. The lowest BCUT2D eigenvalue weighted by atomic mass is 10.2. The van der Waals surface area contributed by atoms with E-state index in [1.54, 1.807) is 0 Å². The molecule has 0 unspecified atom stereocenters. The second-order valence-corrected chi connectivity index (χ2v) is 6.69. The number of hydrogen-bond acceptors (Lipinski definition) is 6. The first kappa shape index (κ1) is 18.4. The van der Waals surface area contributed by atoms with Crippen LogP contribution < -0.4 is 14.8 Å². The molecule has 0 aliphatic heterocycles. The third-order valence-corrected chi connectivity index (χ3v) is 4.73. The number of non-ortho nitro benzene ring substituents is 1. The van der Waals surface area contributed by atoms with Gasteiger partial charge in [-0.25, -0.2) is 13.1 Å². The fourth-order valence-corrected chi connectivity index (χ4v) is 2.96. The number of methoxy groups -OCH3 is 1. The van der Waals surface area contributed by atoms with Crippen LogP contribution in [0.15, 0.2) is 47.4 Å². The van der Waals surface area contributed by atoms with Gasteiger partial charge in [0.15, 0.2) is 0 Å². The fraction of sp³-hybridized carbons (Fsp3) is 0.133. The van der Waals surface area contributed by atoms with Crippen molar-refractivity contribution in [1.82, 2.24) is 4.72 Å². The number of sulfonamides is 1. The van der Waals surface area contributed by atoms with Crippen molar-refractivity contribution in [3.05, 3.63) is 58.1 Å². The third-order valence-electron chi connectivity index (χ3n) is 3.30. The van der Waals surface area contributed by atoms with Crippen LogP contribution in [0.2, 0.25) is 0 Å². The van der Waals surface area contributed by atoms with Gasteiger partial charge in [-0.1, -0.05) is 6.07 Å². The largest absolute Gasteiger partial charge is 0.495 e. The van der Waals surface area contributed by atoms with Crippen molar-refractivity contribution in [1.29, 1.82) is 0 Å². The summed E-state index contributed by atoms with van der Waals surface area (Å²) in [6.45, 7) is 0.